The molecule has 0 bridgehead atoms. The predicted octanol–water partition coefficient (Wildman–Crippen LogP) is 0.577. The van der Waals surface area contributed by atoms with Crippen molar-refractivity contribution >= 4 is 5.91 Å². The Hall–Kier alpha value is -0.870. The molecule has 1 unspecified atom stereocenters. The molecule has 86 valence electrons. The molecule has 0 aromatic rings. The maximum Gasteiger partial charge on any atom is 0.222 e. The Morgan fingerprint density at radius 3 is 3.00 bits per heavy atom. The average molecular weight is 212 g/mol. The molecule has 1 atom stereocenters. The van der Waals surface area contributed by atoms with Crippen molar-refractivity contribution in [1.82, 2.24) is 5.32 Å². The van der Waals surface area contributed by atoms with Crippen LogP contribution in [0.2, 0.25) is 0 Å². The molecule has 3 N–H and O–H groups in total. The molecule has 4 heteroatoms. The molecule has 1 fully saturated rings. The fourth-order valence-corrected chi connectivity index (χ4v) is 1.60. The van der Waals surface area contributed by atoms with Gasteiger partial charge in [0.15, 0.2) is 0 Å². The van der Waals surface area contributed by atoms with Crippen LogP contribution >= 0.6 is 0 Å². The van der Waals surface area contributed by atoms with E-state index < -0.39 is 0 Å². The summed E-state index contributed by atoms with van der Waals surface area (Å²) in [4.78, 5) is 11.4. The van der Waals surface area contributed by atoms with Crippen molar-refractivity contribution in [3.05, 3.63) is 12.2 Å². The van der Waals surface area contributed by atoms with Crippen molar-refractivity contribution < 1.29 is 9.53 Å². The molecule has 0 saturated carbocycles. The highest BCUT2D eigenvalue weighted by atomic mass is 16.5. The fraction of sp³-hybridized carbons (Fsp3) is 0.727. The lowest BCUT2D eigenvalue weighted by atomic mass is 10.1. The molecule has 1 heterocycles. The summed E-state index contributed by atoms with van der Waals surface area (Å²) >= 11 is 0. The van der Waals surface area contributed by atoms with E-state index in [2.05, 4.69) is 5.32 Å². The zero-order valence-electron chi connectivity index (χ0n) is 9.08. The van der Waals surface area contributed by atoms with Crippen molar-refractivity contribution in [3.8, 4) is 0 Å². The number of carbonyl (C=O) groups excluding carboxylic acids is 1. The molecule has 0 aromatic heterocycles. The molecule has 1 aliphatic rings. The first-order chi connectivity index (χ1) is 7.33. The smallest absolute Gasteiger partial charge is 0.222 e. The summed E-state index contributed by atoms with van der Waals surface area (Å²) < 4.78 is 5.48. The van der Waals surface area contributed by atoms with Crippen molar-refractivity contribution in [2.75, 3.05) is 19.7 Å². The Balaban J connectivity index is 2.09. The third-order valence-corrected chi connectivity index (χ3v) is 2.41. The maximum absolute atomic E-state index is 11.4. The molecule has 4 nitrogen and oxygen atoms in total. The molecule has 0 aliphatic carbocycles. The topological polar surface area (TPSA) is 64.3 Å². The van der Waals surface area contributed by atoms with Gasteiger partial charge in [-0.15, -0.1) is 0 Å². The molecular formula is C11H20N2O2. The van der Waals surface area contributed by atoms with Crippen LogP contribution in [0.15, 0.2) is 12.2 Å². The maximum atomic E-state index is 11.4. The predicted molar refractivity (Wildman–Crippen MR) is 59.4 cm³/mol. The largest absolute Gasteiger partial charge is 0.378 e. The number of hydrogen-bond donors (Lipinski definition) is 2. The summed E-state index contributed by atoms with van der Waals surface area (Å²) in [7, 11) is 0. The van der Waals surface area contributed by atoms with Gasteiger partial charge in [0.05, 0.1) is 12.5 Å². The van der Waals surface area contributed by atoms with Crippen molar-refractivity contribution in [2.45, 2.75) is 31.8 Å². The summed E-state index contributed by atoms with van der Waals surface area (Å²) in [6.07, 6.45) is 7.60. The zero-order chi connectivity index (χ0) is 10.9. The summed E-state index contributed by atoms with van der Waals surface area (Å²) in [5.41, 5.74) is 5.28. The van der Waals surface area contributed by atoms with Gasteiger partial charge in [-0.25, -0.2) is 0 Å². The van der Waals surface area contributed by atoms with Crippen LogP contribution in [0.3, 0.4) is 0 Å². The van der Waals surface area contributed by atoms with Gasteiger partial charge in [0, 0.05) is 19.7 Å². The normalized spacial score (nSPS) is 21.8. The number of nitrogens with one attached hydrogen (secondary N) is 1. The van der Waals surface area contributed by atoms with Gasteiger partial charge in [-0.1, -0.05) is 12.2 Å². The van der Waals surface area contributed by atoms with Crippen molar-refractivity contribution in [3.63, 3.8) is 0 Å². The van der Waals surface area contributed by atoms with E-state index in [0.29, 0.717) is 19.5 Å². The minimum absolute atomic E-state index is 0.0589. The van der Waals surface area contributed by atoms with Crippen LogP contribution < -0.4 is 11.1 Å². The number of nitrogens with two attached hydrogens (primary N) is 1. The Labute approximate surface area is 90.9 Å². The van der Waals surface area contributed by atoms with Crippen molar-refractivity contribution in [2.24, 2.45) is 5.73 Å². The van der Waals surface area contributed by atoms with E-state index >= 15 is 0 Å². The fourth-order valence-electron chi connectivity index (χ4n) is 1.60. The van der Waals surface area contributed by atoms with Gasteiger partial charge in [-0.3, -0.25) is 4.79 Å². The minimum Gasteiger partial charge on any atom is -0.378 e. The summed E-state index contributed by atoms with van der Waals surface area (Å²) in [5, 5.41) is 2.80. The number of ether oxygens (including phenoxy) is 1. The van der Waals surface area contributed by atoms with Gasteiger partial charge < -0.3 is 15.8 Å². The van der Waals surface area contributed by atoms with Crippen LogP contribution in [0.5, 0.6) is 0 Å². The highest BCUT2D eigenvalue weighted by Crippen LogP contribution is 2.15. The summed E-state index contributed by atoms with van der Waals surface area (Å²) in [5.74, 6) is 0.0589. The lowest BCUT2D eigenvalue weighted by Crippen LogP contribution is -2.30. The SMILES string of the molecule is NC/C=C/CNC(=O)CC1CCCCO1. The second kappa shape index (κ2) is 7.43. The molecule has 1 rings (SSSR count). The molecule has 0 spiro atoms. The van der Waals surface area contributed by atoms with Gasteiger partial charge in [-0.05, 0) is 19.3 Å². The van der Waals surface area contributed by atoms with Gasteiger partial charge in [0.2, 0.25) is 5.91 Å². The summed E-state index contributed by atoms with van der Waals surface area (Å²) in [6, 6.07) is 0. The van der Waals surface area contributed by atoms with Crippen LogP contribution in [-0.4, -0.2) is 31.7 Å². The Morgan fingerprint density at radius 2 is 2.33 bits per heavy atom. The molecule has 0 aromatic carbocycles. The third-order valence-electron chi connectivity index (χ3n) is 2.41. The van der Waals surface area contributed by atoms with E-state index in [4.69, 9.17) is 10.5 Å². The number of amides is 1. The van der Waals surface area contributed by atoms with Crippen LogP contribution in [0.4, 0.5) is 0 Å². The molecule has 0 radical (unpaired) electrons. The summed E-state index contributed by atoms with van der Waals surface area (Å²) in [6.45, 7) is 1.87. The third kappa shape index (κ3) is 5.54. The van der Waals surface area contributed by atoms with E-state index in [9.17, 15) is 4.79 Å². The molecular weight excluding hydrogens is 192 g/mol. The van der Waals surface area contributed by atoms with Crippen LogP contribution in [0.25, 0.3) is 0 Å². The number of hydrogen-bond acceptors (Lipinski definition) is 3. The first-order valence-electron chi connectivity index (χ1n) is 5.56. The van der Waals surface area contributed by atoms with Gasteiger partial charge in [-0.2, -0.15) is 0 Å². The second-order valence-corrected chi connectivity index (χ2v) is 3.70. The minimum atomic E-state index is 0.0589. The second-order valence-electron chi connectivity index (χ2n) is 3.70. The van der Waals surface area contributed by atoms with E-state index in [1.54, 1.807) is 0 Å². The van der Waals surface area contributed by atoms with E-state index in [1.807, 2.05) is 12.2 Å². The Bertz CT molecular complexity index is 211. The quantitative estimate of drug-likeness (QED) is 0.655. The highest BCUT2D eigenvalue weighted by molar-refractivity contribution is 5.76. The van der Waals surface area contributed by atoms with Crippen LogP contribution in [-0.2, 0) is 9.53 Å². The monoisotopic (exact) mass is 212 g/mol. The standard InChI is InChI=1S/C11H20N2O2/c12-6-2-3-7-13-11(14)9-10-5-1-4-8-15-10/h2-3,10H,1,4-9,12H2,(H,13,14)/b3-2+. The van der Waals surface area contributed by atoms with Gasteiger partial charge in [0.1, 0.15) is 0 Å². The van der Waals surface area contributed by atoms with E-state index in [1.165, 1.54) is 6.42 Å². The zero-order valence-corrected chi connectivity index (χ0v) is 9.08. The first-order valence-corrected chi connectivity index (χ1v) is 5.56. The highest BCUT2D eigenvalue weighted by Gasteiger charge is 2.16. The molecule has 15 heavy (non-hydrogen) atoms. The average Bonchev–Trinajstić information content (AvgIpc) is 2.26. The lowest BCUT2D eigenvalue weighted by Gasteiger charge is -2.21. The Kier molecular flexibility index (Phi) is 6.04. The van der Waals surface area contributed by atoms with Crippen molar-refractivity contribution in [1.29, 1.82) is 0 Å². The van der Waals surface area contributed by atoms with E-state index in [-0.39, 0.29) is 12.0 Å². The van der Waals surface area contributed by atoms with Gasteiger partial charge >= 0.3 is 0 Å². The first kappa shape index (κ1) is 12.2. The molecule has 1 aliphatic heterocycles. The van der Waals surface area contributed by atoms with E-state index in [0.717, 1.165) is 19.4 Å². The molecule has 1 saturated heterocycles. The van der Waals surface area contributed by atoms with Gasteiger partial charge in [0.25, 0.3) is 0 Å². The number of rotatable bonds is 5. The number of carbonyl (C=O) groups is 1. The van der Waals surface area contributed by atoms with Crippen LogP contribution in [0, 0.1) is 0 Å². The molecule has 1 amide bonds. The van der Waals surface area contributed by atoms with Crippen LogP contribution in [0.1, 0.15) is 25.7 Å². The Morgan fingerprint density at radius 1 is 1.47 bits per heavy atom. The lowest BCUT2D eigenvalue weighted by molar-refractivity contribution is -0.124.